The van der Waals surface area contributed by atoms with E-state index in [2.05, 4.69) is 12.2 Å². The number of carbonyl (C=O) groups excluding carboxylic acids is 2. The van der Waals surface area contributed by atoms with E-state index >= 15 is 0 Å². The second kappa shape index (κ2) is 7.79. The van der Waals surface area contributed by atoms with Gasteiger partial charge < -0.3 is 15.0 Å². The van der Waals surface area contributed by atoms with Crippen LogP contribution in [-0.4, -0.2) is 42.5 Å². The fourth-order valence-corrected chi connectivity index (χ4v) is 3.64. The number of carbonyl (C=O) groups is 2. The van der Waals surface area contributed by atoms with E-state index in [4.69, 9.17) is 4.74 Å². The Morgan fingerprint density at radius 2 is 1.92 bits per heavy atom. The number of hydrogen-bond acceptors (Lipinski definition) is 3. The zero-order valence-corrected chi connectivity index (χ0v) is 14.2. The monoisotopic (exact) mass is 330 g/mol. The van der Waals surface area contributed by atoms with E-state index in [-0.39, 0.29) is 12.1 Å². The first kappa shape index (κ1) is 17.0. The third-order valence-electron chi connectivity index (χ3n) is 5.02. The number of hydrogen-bond donors (Lipinski definition) is 1. The smallest absolute Gasteiger partial charge is 0.311 e. The van der Waals surface area contributed by atoms with Crippen molar-refractivity contribution in [2.24, 2.45) is 5.92 Å². The summed E-state index contributed by atoms with van der Waals surface area (Å²) in [6, 6.07) is 10.2. The van der Waals surface area contributed by atoms with Gasteiger partial charge in [0.05, 0.1) is 12.7 Å². The molecule has 1 aliphatic carbocycles. The first-order chi connectivity index (χ1) is 11.6. The lowest BCUT2D eigenvalue weighted by atomic mass is 10.1. The van der Waals surface area contributed by atoms with E-state index in [0.717, 1.165) is 24.8 Å². The third kappa shape index (κ3) is 4.15. The van der Waals surface area contributed by atoms with Crippen LogP contribution in [0, 0.1) is 5.92 Å². The molecule has 3 atom stereocenters. The Morgan fingerprint density at radius 3 is 2.62 bits per heavy atom. The maximum atomic E-state index is 12.4. The summed E-state index contributed by atoms with van der Waals surface area (Å²) < 4.78 is 5.87. The molecule has 1 aromatic carbocycles. The molecule has 3 unspecified atom stereocenters. The molecule has 1 aromatic rings. The van der Waals surface area contributed by atoms with Gasteiger partial charge in [-0.25, -0.2) is 0 Å². The van der Waals surface area contributed by atoms with Crippen molar-refractivity contribution >= 4 is 11.8 Å². The Balaban J connectivity index is 1.53. The summed E-state index contributed by atoms with van der Waals surface area (Å²) in [5.74, 6) is -0.261. The zero-order valence-electron chi connectivity index (χ0n) is 14.2. The van der Waals surface area contributed by atoms with E-state index < -0.39 is 11.8 Å². The van der Waals surface area contributed by atoms with Crippen LogP contribution in [0.25, 0.3) is 0 Å². The molecular formula is C19H26N2O3. The molecule has 5 heteroatoms. The summed E-state index contributed by atoms with van der Waals surface area (Å²) >= 11 is 0. The van der Waals surface area contributed by atoms with Gasteiger partial charge in [0.15, 0.2) is 0 Å². The summed E-state index contributed by atoms with van der Waals surface area (Å²) in [7, 11) is 0. The number of ether oxygens (including phenoxy) is 1. The fraction of sp³-hybridized carbons (Fsp3) is 0.579. The van der Waals surface area contributed by atoms with Crippen molar-refractivity contribution in [2.45, 2.75) is 44.8 Å². The molecule has 0 bridgehead atoms. The van der Waals surface area contributed by atoms with E-state index in [9.17, 15) is 9.59 Å². The average Bonchev–Trinajstić information content (AvgIpc) is 2.86. The number of amides is 2. The summed E-state index contributed by atoms with van der Waals surface area (Å²) in [6.07, 6.45) is 3.76. The molecule has 1 saturated carbocycles. The summed E-state index contributed by atoms with van der Waals surface area (Å²) in [6.45, 7) is 3.66. The highest BCUT2D eigenvalue weighted by atomic mass is 16.5. The molecular weight excluding hydrogens is 304 g/mol. The van der Waals surface area contributed by atoms with E-state index in [1.54, 1.807) is 4.90 Å². The Hall–Kier alpha value is -1.88. The van der Waals surface area contributed by atoms with Crippen LogP contribution in [0.1, 0.15) is 44.3 Å². The number of benzene rings is 1. The quantitative estimate of drug-likeness (QED) is 0.847. The molecule has 5 nitrogen and oxygen atoms in total. The number of nitrogens with one attached hydrogen (secondary N) is 1. The van der Waals surface area contributed by atoms with Gasteiger partial charge in [-0.2, -0.15) is 0 Å². The largest absolute Gasteiger partial charge is 0.372 e. The molecule has 2 amide bonds. The van der Waals surface area contributed by atoms with Crippen molar-refractivity contribution in [1.82, 2.24) is 10.2 Å². The van der Waals surface area contributed by atoms with Gasteiger partial charge in [-0.1, -0.05) is 37.3 Å². The van der Waals surface area contributed by atoms with Crippen LogP contribution in [0.3, 0.4) is 0 Å². The van der Waals surface area contributed by atoms with Gasteiger partial charge in [0.1, 0.15) is 0 Å². The highest BCUT2D eigenvalue weighted by molar-refractivity contribution is 6.35. The molecule has 1 heterocycles. The molecule has 2 aliphatic rings. The predicted molar refractivity (Wildman–Crippen MR) is 91.3 cm³/mol. The van der Waals surface area contributed by atoms with Crippen LogP contribution in [0.4, 0.5) is 0 Å². The van der Waals surface area contributed by atoms with Crippen molar-refractivity contribution in [3.05, 3.63) is 35.9 Å². The second-order valence-electron chi connectivity index (χ2n) is 6.94. The molecule has 0 aromatic heterocycles. The van der Waals surface area contributed by atoms with Crippen molar-refractivity contribution in [3.8, 4) is 0 Å². The summed E-state index contributed by atoms with van der Waals surface area (Å²) in [5, 5.41) is 2.90. The molecule has 24 heavy (non-hydrogen) atoms. The van der Waals surface area contributed by atoms with Gasteiger partial charge in [-0.15, -0.1) is 0 Å². The third-order valence-corrected chi connectivity index (χ3v) is 5.02. The minimum Gasteiger partial charge on any atom is -0.372 e. The molecule has 0 radical (unpaired) electrons. The fourth-order valence-electron chi connectivity index (χ4n) is 3.64. The molecule has 130 valence electrons. The van der Waals surface area contributed by atoms with Crippen molar-refractivity contribution in [2.75, 3.05) is 19.7 Å². The van der Waals surface area contributed by atoms with Crippen LogP contribution >= 0.6 is 0 Å². The zero-order chi connectivity index (χ0) is 16.9. The van der Waals surface area contributed by atoms with E-state index in [1.165, 1.54) is 0 Å². The normalized spacial score (nSPS) is 27.5. The van der Waals surface area contributed by atoms with Crippen LogP contribution in [0.5, 0.6) is 0 Å². The topological polar surface area (TPSA) is 58.6 Å². The van der Waals surface area contributed by atoms with Crippen LogP contribution < -0.4 is 5.32 Å². The first-order valence-corrected chi connectivity index (χ1v) is 8.90. The van der Waals surface area contributed by atoms with Crippen LogP contribution in [-0.2, 0) is 14.3 Å². The Kier molecular flexibility index (Phi) is 5.51. The van der Waals surface area contributed by atoms with E-state index in [1.807, 2.05) is 30.3 Å². The van der Waals surface area contributed by atoms with Crippen LogP contribution in [0.15, 0.2) is 30.3 Å². The lowest BCUT2D eigenvalue weighted by Gasteiger charge is -2.20. The Bertz CT molecular complexity index is 575. The number of nitrogens with zero attached hydrogens (tertiary/aromatic N) is 1. The summed E-state index contributed by atoms with van der Waals surface area (Å²) in [4.78, 5) is 26.3. The Labute approximate surface area is 143 Å². The second-order valence-corrected chi connectivity index (χ2v) is 6.94. The lowest BCUT2D eigenvalue weighted by molar-refractivity contribution is -0.146. The predicted octanol–water partition coefficient (Wildman–Crippen LogP) is 2.28. The lowest BCUT2D eigenvalue weighted by Crippen LogP contribution is -2.46. The van der Waals surface area contributed by atoms with Gasteiger partial charge in [-0.05, 0) is 37.2 Å². The van der Waals surface area contributed by atoms with Gasteiger partial charge in [0, 0.05) is 19.1 Å². The molecule has 3 rings (SSSR count). The van der Waals surface area contributed by atoms with Crippen LogP contribution in [0.2, 0.25) is 0 Å². The SMILES string of the molecule is CC1CCC(NC(=O)C(=O)N2CCOC(c3ccccc3)CC2)C1. The van der Waals surface area contributed by atoms with Crippen molar-refractivity contribution in [1.29, 1.82) is 0 Å². The molecule has 1 aliphatic heterocycles. The van der Waals surface area contributed by atoms with Crippen molar-refractivity contribution < 1.29 is 14.3 Å². The van der Waals surface area contributed by atoms with Gasteiger partial charge in [0.25, 0.3) is 0 Å². The maximum absolute atomic E-state index is 12.4. The molecule has 0 spiro atoms. The highest BCUT2D eigenvalue weighted by Crippen LogP contribution is 2.25. The first-order valence-electron chi connectivity index (χ1n) is 8.90. The average molecular weight is 330 g/mol. The van der Waals surface area contributed by atoms with Gasteiger partial charge in [0.2, 0.25) is 0 Å². The van der Waals surface area contributed by atoms with Gasteiger partial charge in [-0.3, -0.25) is 9.59 Å². The highest BCUT2D eigenvalue weighted by Gasteiger charge is 2.29. The minimum atomic E-state index is -0.465. The molecule has 1 saturated heterocycles. The van der Waals surface area contributed by atoms with Gasteiger partial charge >= 0.3 is 11.8 Å². The Morgan fingerprint density at radius 1 is 1.12 bits per heavy atom. The molecule has 1 N–H and O–H groups in total. The molecule has 2 fully saturated rings. The summed E-state index contributed by atoms with van der Waals surface area (Å²) in [5.41, 5.74) is 1.12. The number of rotatable bonds is 2. The standard InChI is InChI=1S/C19H26N2O3/c1-14-7-8-16(13-14)20-18(22)19(23)21-10-9-17(24-12-11-21)15-5-3-2-4-6-15/h2-6,14,16-17H,7-13H2,1H3,(H,20,22). The minimum absolute atomic E-state index is 0.0113. The maximum Gasteiger partial charge on any atom is 0.311 e. The van der Waals surface area contributed by atoms with E-state index in [0.29, 0.717) is 32.0 Å². The van der Waals surface area contributed by atoms with Crippen molar-refractivity contribution in [3.63, 3.8) is 0 Å².